The second kappa shape index (κ2) is 6.13. The zero-order valence-corrected chi connectivity index (χ0v) is 12.6. The van der Waals surface area contributed by atoms with Gasteiger partial charge in [-0.15, -0.1) is 0 Å². The summed E-state index contributed by atoms with van der Waals surface area (Å²) in [6.07, 6.45) is 2.19. The zero-order valence-electron chi connectivity index (χ0n) is 12.6. The van der Waals surface area contributed by atoms with E-state index in [-0.39, 0.29) is 17.6 Å². The van der Waals surface area contributed by atoms with Crippen molar-refractivity contribution in [3.05, 3.63) is 40.8 Å². The minimum absolute atomic E-state index is 0.103. The number of para-hydroxylation sites is 1. The molecule has 7 heteroatoms. The molecular formula is C15H19N5O2. The first-order valence-electron chi connectivity index (χ1n) is 7.58. The molecule has 1 fully saturated rings. The Morgan fingerprint density at radius 3 is 2.77 bits per heavy atom. The van der Waals surface area contributed by atoms with Crippen LogP contribution in [0.25, 0.3) is 5.69 Å². The largest absolute Gasteiger partial charge is 0.368 e. The van der Waals surface area contributed by atoms with Crippen LogP contribution < -0.4 is 5.69 Å². The molecule has 1 aliphatic rings. The SMILES string of the molecule is CCC(=O)N1CCC[C@H](n2nnn(-c3ccccc3)c2=O)C1. The zero-order chi connectivity index (χ0) is 15.5. The molecule has 116 valence electrons. The van der Waals surface area contributed by atoms with Gasteiger partial charge in [-0.1, -0.05) is 25.1 Å². The summed E-state index contributed by atoms with van der Waals surface area (Å²) < 4.78 is 2.70. The fourth-order valence-corrected chi connectivity index (χ4v) is 2.82. The van der Waals surface area contributed by atoms with Gasteiger partial charge in [0.25, 0.3) is 0 Å². The summed E-state index contributed by atoms with van der Waals surface area (Å²) in [5, 5.41) is 7.98. The van der Waals surface area contributed by atoms with Crippen molar-refractivity contribution in [1.29, 1.82) is 0 Å². The number of tetrazole rings is 1. The minimum atomic E-state index is -0.262. The van der Waals surface area contributed by atoms with Crippen molar-refractivity contribution in [1.82, 2.24) is 24.7 Å². The minimum Gasteiger partial charge on any atom is -0.341 e. The van der Waals surface area contributed by atoms with Gasteiger partial charge >= 0.3 is 5.69 Å². The highest BCUT2D eigenvalue weighted by Crippen LogP contribution is 2.19. The molecule has 1 aromatic carbocycles. The van der Waals surface area contributed by atoms with Gasteiger partial charge in [-0.2, -0.15) is 9.36 Å². The van der Waals surface area contributed by atoms with E-state index in [1.165, 1.54) is 9.36 Å². The lowest BCUT2D eigenvalue weighted by Gasteiger charge is -2.31. The fraction of sp³-hybridized carbons (Fsp3) is 0.467. The monoisotopic (exact) mass is 301 g/mol. The highest BCUT2D eigenvalue weighted by molar-refractivity contribution is 5.75. The molecule has 0 unspecified atom stereocenters. The number of aromatic nitrogens is 4. The van der Waals surface area contributed by atoms with Crippen LogP contribution in [-0.4, -0.2) is 43.7 Å². The van der Waals surface area contributed by atoms with E-state index < -0.39 is 0 Å². The molecule has 0 saturated carbocycles. The quantitative estimate of drug-likeness (QED) is 0.848. The third kappa shape index (κ3) is 2.66. The van der Waals surface area contributed by atoms with E-state index in [0.29, 0.717) is 18.7 Å². The van der Waals surface area contributed by atoms with Crippen LogP contribution in [0.5, 0.6) is 0 Å². The molecule has 0 N–H and O–H groups in total. The second-order valence-electron chi connectivity index (χ2n) is 5.44. The van der Waals surface area contributed by atoms with Crippen LogP contribution >= 0.6 is 0 Å². The molecule has 0 aliphatic carbocycles. The Morgan fingerprint density at radius 1 is 1.27 bits per heavy atom. The molecule has 3 rings (SSSR count). The molecule has 2 aromatic rings. The van der Waals surface area contributed by atoms with E-state index in [9.17, 15) is 9.59 Å². The maximum Gasteiger partial charge on any atom is 0.368 e. The highest BCUT2D eigenvalue weighted by atomic mass is 16.2. The van der Waals surface area contributed by atoms with Crippen LogP contribution in [0.1, 0.15) is 32.2 Å². The Labute approximate surface area is 128 Å². The van der Waals surface area contributed by atoms with Crippen LogP contribution in [0.2, 0.25) is 0 Å². The second-order valence-corrected chi connectivity index (χ2v) is 5.44. The van der Waals surface area contributed by atoms with E-state index in [0.717, 1.165) is 19.4 Å². The molecule has 1 atom stereocenters. The fourth-order valence-electron chi connectivity index (χ4n) is 2.82. The molecule has 0 spiro atoms. The number of benzene rings is 1. The summed E-state index contributed by atoms with van der Waals surface area (Å²) in [6, 6.07) is 9.11. The number of hydrogen-bond donors (Lipinski definition) is 0. The average molecular weight is 301 g/mol. The number of carbonyl (C=O) groups excluding carboxylic acids is 1. The van der Waals surface area contributed by atoms with Gasteiger partial charge in [0.1, 0.15) is 0 Å². The van der Waals surface area contributed by atoms with Crippen molar-refractivity contribution in [3.63, 3.8) is 0 Å². The lowest BCUT2D eigenvalue weighted by Crippen LogP contribution is -2.43. The summed E-state index contributed by atoms with van der Waals surface area (Å²) in [6.45, 7) is 3.13. The first-order valence-corrected chi connectivity index (χ1v) is 7.58. The van der Waals surface area contributed by atoms with Gasteiger partial charge in [0.15, 0.2) is 0 Å². The summed E-state index contributed by atoms with van der Waals surface area (Å²) in [5.74, 6) is 0.119. The maximum atomic E-state index is 12.5. The highest BCUT2D eigenvalue weighted by Gasteiger charge is 2.26. The standard InChI is InChI=1S/C15H19N5O2/c1-2-14(21)18-10-6-9-13(11-18)20-15(22)19(16-17-20)12-7-4-3-5-8-12/h3-5,7-8,13H,2,6,9-11H2,1H3/t13-/m0/s1. The molecule has 7 nitrogen and oxygen atoms in total. The Morgan fingerprint density at radius 2 is 2.05 bits per heavy atom. The van der Waals surface area contributed by atoms with Crippen LogP contribution in [-0.2, 0) is 4.79 Å². The predicted molar refractivity (Wildman–Crippen MR) is 80.8 cm³/mol. The number of likely N-dealkylation sites (tertiary alicyclic amines) is 1. The molecule has 0 bridgehead atoms. The van der Waals surface area contributed by atoms with E-state index in [4.69, 9.17) is 0 Å². The first-order chi connectivity index (χ1) is 10.7. The van der Waals surface area contributed by atoms with Gasteiger partial charge in [0, 0.05) is 19.5 Å². The van der Waals surface area contributed by atoms with Crippen molar-refractivity contribution in [2.24, 2.45) is 0 Å². The van der Waals surface area contributed by atoms with Crippen molar-refractivity contribution in [2.45, 2.75) is 32.2 Å². The van der Waals surface area contributed by atoms with Gasteiger partial charge in [-0.05, 0) is 35.4 Å². The van der Waals surface area contributed by atoms with E-state index in [2.05, 4.69) is 10.4 Å². The summed E-state index contributed by atoms with van der Waals surface area (Å²) in [4.78, 5) is 26.2. The summed E-state index contributed by atoms with van der Waals surface area (Å²) in [7, 11) is 0. The Hall–Kier alpha value is -2.44. The van der Waals surface area contributed by atoms with Crippen LogP contribution in [0, 0.1) is 0 Å². The first kappa shape index (κ1) is 14.5. The van der Waals surface area contributed by atoms with Gasteiger partial charge in [-0.3, -0.25) is 4.79 Å². The average Bonchev–Trinajstić information content (AvgIpc) is 2.96. The Kier molecular flexibility index (Phi) is 4.04. The van der Waals surface area contributed by atoms with E-state index >= 15 is 0 Å². The number of amides is 1. The summed E-state index contributed by atoms with van der Waals surface area (Å²) >= 11 is 0. The number of carbonyl (C=O) groups is 1. The molecule has 1 aromatic heterocycles. The molecule has 22 heavy (non-hydrogen) atoms. The summed E-state index contributed by atoms with van der Waals surface area (Å²) in [5.41, 5.74) is 0.429. The molecule has 1 aliphatic heterocycles. The molecule has 1 saturated heterocycles. The predicted octanol–water partition coefficient (Wildman–Crippen LogP) is 1.00. The number of nitrogens with zero attached hydrogens (tertiary/aromatic N) is 5. The molecular weight excluding hydrogens is 282 g/mol. The number of hydrogen-bond acceptors (Lipinski definition) is 4. The smallest absolute Gasteiger partial charge is 0.341 e. The molecule has 1 amide bonds. The molecule has 2 heterocycles. The van der Waals surface area contributed by atoms with E-state index in [1.807, 2.05) is 42.2 Å². The normalized spacial score (nSPS) is 18.4. The molecule has 0 radical (unpaired) electrons. The lowest BCUT2D eigenvalue weighted by atomic mass is 10.1. The third-order valence-electron chi connectivity index (χ3n) is 4.00. The third-order valence-corrected chi connectivity index (χ3v) is 4.00. The Balaban J connectivity index is 1.85. The lowest BCUT2D eigenvalue weighted by molar-refractivity contribution is -0.132. The van der Waals surface area contributed by atoms with Gasteiger partial charge in [0.05, 0.1) is 11.7 Å². The van der Waals surface area contributed by atoms with Gasteiger partial charge in [-0.25, -0.2) is 4.79 Å². The topological polar surface area (TPSA) is 73.0 Å². The van der Waals surface area contributed by atoms with Crippen molar-refractivity contribution >= 4 is 5.91 Å². The number of piperidine rings is 1. The van der Waals surface area contributed by atoms with Crippen molar-refractivity contribution in [2.75, 3.05) is 13.1 Å². The van der Waals surface area contributed by atoms with E-state index in [1.54, 1.807) is 0 Å². The van der Waals surface area contributed by atoms with Crippen LogP contribution in [0.3, 0.4) is 0 Å². The van der Waals surface area contributed by atoms with Gasteiger partial charge in [0.2, 0.25) is 5.91 Å². The van der Waals surface area contributed by atoms with Gasteiger partial charge < -0.3 is 4.90 Å². The van der Waals surface area contributed by atoms with Crippen LogP contribution in [0.4, 0.5) is 0 Å². The van der Waals surface area contributed by atoms with Crippen molar-refractivity contribution in [3.8, 4) is 5.69 Å². The van der Waals surface area contributed by atoms with Crippen LogP contribution in [0.15, 0.2) is 35.1 Å². The maximum absolute atomic E-state index is 12.5. The van der Waals surface area contributed by atoms with Crippen molar-refractivity contribution < 1.29 is 4.79 Å². The Bertz CT molecular complexity index is 706. The number of rotatable bonds is 3.